The first-order valence-corrected chi connectivity index (χ1v) is 12.7. The highest BCUT2D eigenvalue weighted by Crippen LogP contribution is 2.53. The molecule has 3 aromatic rings. The number of benzene rings is 3. The molecule has 6 heteroatoms. The van der Waals surface area contributed by atoms with Crippen LogP contribution >= 0.6 is 0 Å². The second-order valence-corrected chi connectivity index (χ2v) is 10.4. The molecule has 2 bridgehead atoms. The van der Waals surface area contributed by atoms with Crippen molar-refractivity contribution in [2.75, 3.05) is 5.32 Å². The quantitative estimate of drug-likeness (QED) is 0.336. The lowest BCUT2D eigenvalue weighted by Crippen LogP contribution is -2.49. The molecular weight excluding hydrogens is 464 g/mol. The van der Waals surface area contributed by atoms with Crippen LogP contribution < -0.4 is 5.32 Å². The lowest BCUT2D eigenvalue weighted by Gasteiger charge is -2.27. The minimum absolute atomic E-state index is 0.0706. The largest absolute Gasteiger partial charge is 0.324 e. The molecule has 0 spiro atoms. The Kier molecular flexibility index (Phi) is 4.80. The molecule has 1 saturated carbocycles. The second kappa shape index (κ2) is 8.10. The Bertz CT molecular complexity index is 1500. The summed E-state index contributed by atoms with van der Waals surface area (Å²) >= 11 is 0. The molecule has 0 aromatic heterocycles. The molecule has 4 aliphatic rings. The summed E-state index contributed by atoms with van der Waals surface area (Å²) in [4.78, 5) is 55.0. The Morgan fingerprint density at radius 3 is 2.11 bits per heavy atom. The molecule has 3 aromatic carbocycles. The highest BCUT2D eigenvalue weighted by Gasteiger charge is 2.61. The Labute approximate surface area is 214 Å². The highest BCUT2D eigenvalue weighted by molar-refractivity contribution is 6.22. The van der Waals surface area contributed by atoms with Gasteiger partial charge in [-0.2, -0.15) is 0 Å². The first-order valence-electron chi connectivity index (χ1n) is 12.7. The van der Waals surface area contributed by atoms with Crippen LogP contribution in [-0.2, 0) is 20.8 Å². The van der Waals surface area contributed by atoms with Crippen LogP contribution in [0, 0.1) is 23.7 Å². The van der Waals surface area contributed by atoms with Gasteiger partial charge in [-0.25, -0.2) is 0 Å². The van der Waals surface area contributed by atoms with Crippen molar-refractivity contribution in [3.63, 3.8) is 0 Å². The third kappa shape index (κ3) is 3.25. The lowest BCUT2D eigenvalue weighted by molar-refractivity contribution is -0.147. The lowest BCUT2D eigenvalue weighted by atomic mass is 9.85. The van der Waals surface area contributed by atoms with Crippen LogP contribution in [0.2, 0.25) is 0 Å². The first-order chi connectivity index (χ1) is 18.0. The highest BCUT2D eigenvalue weighted by atomic mass is 16.2. The summed E-state index contributed by atoms with van der Waals surface area (Å²) in [5.41, 5.74) is 4.21. The van der Waals surface area contributed by atoms with Crippen molar-refractivity contribution in [3.05, 3.63) is 102 Å². The molecule has 1 heterocycles. The van der Waals surface area contributed by atoms with Crippen LogP contribution in [-0.4, -0.2) is 34.4 Å². The molecule has 1 aliphatic heterocycles. The molecule has 1 N–H and O–H groups in total. The number of hydrogen-bond donors (Lipinski definition) is 1. The number of carbonyl (C=O) groups excluding carboxylic acids is 4. The molecule has 5 atom stereocenters. The van der Waals surface area contributed by atoms with Gasteiger partial charge in [0.25, 0.3) is 0 Å². The van der Waals surface area contributed by atoms with E-state index in [1.165, 1.54) is 4.90 Å². The summed E-state index contributed by atoms with van der Waals surface area (Å²) < 4.78 is 0. The first kappa shape index (κ1) is 21.9. The SMILES string of the molecule is O=C1c2ccccc2-c2ccc(NC(=O)C(Cc3ccccc3)N3C(=O)C4C5C=CC(C5)C4C3=O)cc21. The van der Waals surface area contributed by atoms with Crippen molar-refractivity contribution in [1.82, 2.24) is 4.90 Å². The van der Waals surface area contributed by atoms with Gasteiger partial charge in [0, 0.05) is 23.2 Å². The van der Waals surface area contributed by atoms with Crippen LogP contribution in [0.15, 0.2) is 84.9 Å². The van der Waals surface area contributed by atoms with E-state index in [2.05, 4.69) is 5.32 Å². The van der Waals surface area contributed by atoms with E-state index in [9.17, 15) is 19.2 Å². The van der Waals surface area contributed by atoms with Gasteiger partial charge >= 0.3 is 0 Å². The zero-order valence-corrected chi connectivity index (χ0v) is 20.0. The number of ketones is 1. The predicted molar refractivity (Wildman–Crippen MR) is 137 cm³/mol. The molecule has 2 fully saturated rings. The number of imide groups is 1. The maximum Gasteiger partial charge on any atom is 0.248 e. The van der Waals surface area contributed by atoms with Gasteiger partial charge in [-0.1, -0.05) is 72.8 Å². The number of fused-ring (bicyclic) bond motifs is 8. The van der Waals surface area contributed by atoms with Crippen LogP contribution in [0.1, 0.15) is 27.9 Å². The molecular formula is C31H24N2O4. The van der Waals surface area contributed by atoms with Gasteiger partial charge in [0.15, 0.2) is 5.78 Å². The van der Waals surface area contributed by atoms with Gasteiger partial charge in [0.2, 0.25) is 17.7 Å². The monoisotopic (exact) mass is 488 g/mol. The molecule has 0 radical (unpaired) electrons. The van der Waals surface area contributed by atoms with Crippen LogP contribution in [0.5, 0.6) is 0 Å². The number of likely N-dealkylation sites (tertiary alicyclic amines) is 1. The Morgan fingerprint density at radius 2 is 1.41 bits per heavy atom. The fourth-order valence-corrected chi connectivity index (χ4v) is 6.70. The Morgan fingerprint density at radius 1 is 0.784 bits per heavy atom. The number of rotatable bonds is 5. The van der Waals surface area contributed by atoms with Gasteiger partial charge in [-0.05, 0) is 47.1 Å². The summed E-state index contributed by atoms with van der Waals surface area (Å²) in [5, 5.41) is 2.91. The summed E-state index contributed by atoms with van der Waals surface area (Å²) in [6.07, 6.45) is 5.15. The minimum Gasteiger partial charge on any atom is -0.324 e. The summed E-state index contributed by atoms with van der Waals surface area (Å²) in [6, 6.07) is 21.2. The molecule has 3 aliphatic carbocycles. The van der Waals surface area contributed by atoms with Gasteiger partial charge in [0.05, 0.1) is 11.8 Å². The number of amides is 3. The number of carbonyl (C=O) groups is 4. The smallest absolute Gasteiger partial charge is 0.248 e. The fraction of sp³-hybridized carbons (Fsp3) is 0.226. The topological polar surface area (TPSA) is 83.6 Å². The number of allylic oxidation sites excluding steroid dienone is 2. The van der Waals surface area contributed by atoms with E-state index in [-0.39, 0.29) is 47.7 Å². The average molecular weight is 489 g/mol. The standard InChI is InChI=1S/C31H24N2O4/c34-28-23-9-5-4-8-21(23)22-13-12-20(16-24(22)28)32-29(35)25(14-17-6-2-1-3-7-17)33-30(36)26-18-10-11-19(15-18)27(26)31(33)37/h1-13,16,18-19,25-27H,14-15H2,(H,32,35). The van der Waals surface area contributed by atoms with Gasteiger partial charge in [-0.15, -0.1) is 0 Å². The van der Waals surface area contributed by atoms with Gasteiger partial charge < -0.3 is 5.32 Å². The van der Waals surface area contributed by atoms with Crippen molar-refractivity contribution in [1.29, 1.82) is 0 Å². The zero-order chi connectivity index (χ0) is 25.3. The van der Waals surface area contributed by atoms with Gasteiger partial charge in [0.1, 0.15) is 6.04 Å². The van der Waals surface area contributed by atoms with Crippen molar-refractivity contribution in [3.8, 4) is 11.1 Å². The molecule has 1 saturated heterocycles. The van der Waals surface area contributed by atoms with E-state index in [1.807, 2.05) is 66.7 Å². The van der Waals surface area contributed by atoms with E-state index in [1.54, 1.807) is 18.2 Å². The third-order valence-corrected chi connectivity index (χ3v) is 8.38. The van der Waals surface area contributed by atoms with E-state index < -0.39 is 11.9 Å². The maximum atomic E-state index is 13.7. The van der Waals surface area contributed by atoms with Crippen molar-refractivity contribution < 1.29 is 19.2 Å². The van der Waals surface area contributed by atoms with E-state index >= 15 is 0 Å². The molecule has 37 heavy (non-hydrogen) atoms. The molecule has 5 unspecified atom stereocenters. The number of anilines is 1. The van der Waals surface area contributed by atoms with Crippen LogP contribution in [0.4, 0.5) is 5.69 Å². The van der Waals surface area contributed by atoms with E-state index in [0.29, 0.717) is 16.8 Å². The maximum absolute atomic E-state index is 13.7. The van der Waals surface area contributed by atoms with E-state index in [4.69, 9.17) is 0 Å². The van der Waals surface area contributed by atoms with E-state index in [0.717, 1.165) is 23.1 Å². The average Bonchev–Trinajstić information content (AvgIpc) is 3.66. The third-order valence-electron chi connectivity index (χ3n) is 8.38. The Hall–Kier alpha value is -4.32. The molecule has 182 valence electrons. The summed E-state index contributed by atoms with van der Waals surface area (Å²) in [6.45, 7) is 0. The summed E-state index contributed by atoms with van der Waals surface area (Å²) in [7, 11) is 0. The number of nitrogens with one attached hydrogen (secondary N) is 1. The van der Waals surface area contributed by atoms with Gasteiger partial charge in [-0.3, -0.25) is 24.1 Å². The van der Waals surface area contributed by atoms with Crippen molar-refractivity contribution >= 4 is 29.2 Å². The van der Waals surface area contributed by atoms with Crippen LogP contribution in [0.3, 0.4) is 0 Å². The molecule has 7 rings (SSSR count). The summed E-state index contributed by atoms with van der Waals surface area (Å²) in [5.74, 6) is -1.61. The normalized spacial score (nSPS) is 25.3. The van der Waals surface area contributed by atoms with Crippen LogP contribution in [0.25, 0.3) is 11.1 Å². The Balaban J connectivity index is 1.20. The zero-order valence-electron chi connectivity index (χ0n) is 20.0. The molecule has 6 nitrogen and oxygen atoms in total. The van der Waals surface area contributed by atoms with Crippen molar-refractivity contribution in [2.45, 2.75) is 18.9 Å². The number of nitrogens with zero attached hydrogens (tertiary/aromatic N) is 1. The molecule has 3 amide bonds. The minimum atomic E-state index is -0.978. The second-order valence-electron chi connectivity index (χ2n) is 10.4. The number of hydrogen-bond acceptors (Lipinski definition) is 4. The van der Waals surface area contributed by atoms with Crippen molar-refractivity contribution in [2.24, 2.45) is 23.7 Å². The predicted octanol–water partition coefficient (Wildman–Crippen LogP) is 4.25. The fourth-order valence-electron chi connectivity index (χ4n) is 6.70.